The first-order chi connectivity index (χ1) is 9.72. The van der Waals surface area contributed by atoms with Crippen molar-refractivity contribution in [1.82, 2.24) is 14.9 Å². The Labute approximate surface area is 119 Å². The normalized spacial score (nSPS) is 12.7. The van der Waals surface area contributed by atoms with Gasteiger partial charge in [-0.25, -0.2) is 4.98 Å². The summed E-state index contributed by atoms with van der Waals surface area (Å²) in [6.45, 7) is 6.08. The summed E-state index contributed by atoms with van der Waals surface area (Å²) < 4.78 is 1.72. The van der Waals surface area contributed by atoms with Crippen molar-refractivity contribution < 1.29 is 0 Å². The molecule has 4 nitrogen and oxygen atoms in total. The molecule has 4 heteroatoms. The number of fused-ring (bicyclic) bond motifs is 1. The molecule has 20 heavy (non-hydrogen) atoms. The topological polar surface area (TPSA) is 46.9 Å². The third-order valence-electron chi connectivity index (χ3n) is 3.57. The highest BCUT2D eigenvalue weighted by Gasteiger charge is 2.04. The van der Waals surface area contributed by atoms with Gasteiger partial charge >= 0.3 is 0 Å². The van der Waals surface area contributed by atoms with Crippen LogP contribution in [0.2, 0.25) is 0 Å². The van der Waals surface area contributed by atoms with Gasteiger partial charge in [-0.05, 0) is 38.4 Å². The van der Waals surface area contributed by atoms with Crippen molar-refractivity contribution in [3.05, 3.63) is 40.9 Å². The van der Waals surface area contributed by atoms with E-state index in [-0.39, 0.29) is 5.56 Å². The Morgan fingerprint density at radius 3 is 2.90 bits per heavy atom. The van der Waals surface area contributed by atoms with Gasteiger partial charge in [0.2, 0.25) is 0 Å². The van der Waals surface area contributed by atoms with Crippen LogP contribution in [0.25, 0.3) is 10.9 Å². The lowest BCUT2D eigenvalue weighted by Gasteiger charge is -2.12. The maximum Gasteiger partial charge on any atom is 0.261 e. The highest BCUT2D eigenvalue weighted by Crippen LogP contribution is 2.06. The number of aromatic nitrogens is 2. The van der Waals surface area contributed by atoms with E-state index in [2.05, 4.69) is 24.1 Å². The van der Waals surface area contributed by atoms with Crippen LogP contribution in [0.5, 0.6) is 0 Å². The van der Waals surface area contributed by atoms with E-state index in [4.69, 9.17) is 0 Å². The fraction of sp³-hybridized carbons (Fsp3) is 0.500. The molecule has 108 valence electrons. The number of unbranched alkanes of at least 4 members (excludes halogenated alkanes) is 1. The first-order valence-corrected chi connectivity index (χ1v) is 7.40. The van der Waals surface area contributed by atoms with Gasteiger partial charge in [-0.1, -0.05) is 25.5 Å². The van der Waals surface area contributed by atoms with Crippen molar-refractivity contribution in [1.29, 1.82) is 0 Å². The first-order valence-electron chi connectivity index (χ1n) is 7.40. The Balaban J connectivity index is 1.94. The zero-order chi connectivity index (χ0) is 14.4. The molecule has 0 radical (unpaired) electrons. The summed E-state index contributed by atoms with van der Waals surface area (Å²) >= 11 is 0. The smallest absolute Gasteiger partial charge is 0.261 e. The van der Waals surface area contributed by atoms with Gasteiger partial charge in [-0.3, -0.25) is 9.36 Å². The van der Waals surface area contributed by atoms with Crippen LogP contribution in [0.4, 0.5) is 0 Å². The van der Waals surface area contributed by atoms with Gasteiger partial charge in [0.05, 0.1) is 17.2 Å². The predicted molar refractivity (Wildman–Crippen MR) is 83.0 cm³/mol. The summed E-state index contributed by atoms with van der Waals surface area (Å²) in [5, 5.41) is 4.10. The largest absolute Gasteiger partial charge is 0.315 e. The zero-order valence-electron chi connectivity index (χ0n) is 12.3. The van der Waals surface area contributed by atoms with Gasteiger partial charge in [-0.15, -0.1) is 0 Å². The maximum atomic E-state index is 12.3. The molecule has 1 atom stereocenters. The molecule has 0 amide bonds. The second-order valence-corrected chi connectivity index (χ2v) is 5.21. The number of rotatable bonds is 7. The van der Waals surface area contributed by atoms with E-state index in [1.54, 1.807) is 10.9 Å². The molecule has 0 saturated carbocycles. The fourth-order valence-electron chi connectivity index (χ4n) is 2.45. The van der Waals surface area contributed by atoms with Gasteiger partial charge in [0.1, 0.15) is 0 Å². The van der Waals surface area contributed by atoms with Crippen LogP contribution >= 0.6 is 0 Å². The Kier molecular flexibility index (Phi) is 5.30. The summed E-state index contributed by atoms with van der Waals surface area (Å²) in [6, 6.07) is 8.05. The fourth-order valence-corrected chi connectivity index (χ4v) is 2.45. The summed E-state index contributed by atoms with van der Waals surface area (Å²) in [5.41, 5.74) is 0.838. The second-order valence-electron chi connectivity index (χ2n) is 5.21. The van der Waals surface area contributed by atoms with E-state index in [9.17, 15) is 4.79 Å². The number of para-hydroxylation sites is 1. The molecule has 2 aromatic rings. The van der Waals surface area contributed by atoms with E-state index >= 15 is 0 Å². The van der Waals surface area contributed by atoms with Gasteiger partial charge < -0.3 is 5.32 Å². The van der Waals surface area contributed by atoms with Crippen LogP contribution < -0.4 is 10.9 Å². The molecule has 1 aromatic carbocycles. The third kappa shape index (κ3) is 3.67. The van der Waals surface area contributed by atoms with Crippen LogP contribution in [0.3, 0.4) is 0 Å². The average molecular weight is 273 g/mol. The molecule has 0 spiro atoms. The molecular formula is C16H23N3O. The quantitative estimate of drug-likeness (QED) is 0.789. The predicted octanol–water partition coefficient (Wildman–Crippen LogP) is 2.56. The summed E-state index contributed by atoms with van der Waals surface area (Å²) in [4.78, 5) is 16.6. The Morgan fingerprint density at radius 1 is 1.30 bits per heavy atom. The molecule has 1 heterocycles. The molecule has 0 aliphatic rings. The number of aryl methyl sites for hydroxylation is 1. The van der Waals surface area contributed by atoms with Gasteiger partial charge in [0.25, 0.3) is 5.56 Å². The van der Waals surface area contributed by atoms with Crippen LogP contribution in [0.15, 0.2) is 35.4 Å². The molecule has 0 aliphatic heterocycles. The summed E-state index contributed by atoms with van der Waals surface area (Å²) in [7, 11) is 0. The lowest BCUT2D eigenvalue weighted by molar-refractivity contribution is 0.482. The minimum Gasteiger partial charge on any atom is -0.315 e. The lowest BCUT2D eigenvalue weighted by atomic mass is 10.1. The molecule has 1 unspecified atom stereocenters. The molecule has 0 saturated heterocycles. The van der Waals surface area contributed by atoms with E-state index < -0.39 is 0 Å². The first kappa shape index (κ1) is 14.7. The standard InChI is InChI=1S/C16H23N3O/c1-3-17-13(2)8-6-7-11-19-12-18-15-10-5-4-9-14(15)16(19)20/h4-5,9-10,12-13,17H,3,6-8,11H2,1-2H3. The van der Waals surface area contributed by atoms with E-state index in [1.807, 2.05) is 24.3 Å². The van der Waals surface area contributed by atoms with Gasteiger partial charge in [0, 0.05) is 12.6 Å². The SMILES string of the molecule is CCNC(C)CCCCn1cnc2ccccc2c1=O. The van der Waals surface area contributed by atoms with Crippen LogP contribution in [-0.2, 0) is 6.54 Å². The van der Waals surface area contributed by atoms with E-state index in [0.717, 1.165) is 37.9 Å². The molecular weight excluding hydrogens is 250 g/mol. The molecule has 0 aliphatic carbocycles. The zero-order valence-corrected chi connectivity index (χ0v) is 12.3. The Hall–Kier alpha value is -1.68. The average Bonchev–Trinajstić information content (AvgIpc) is 2.46. The monoisotopic (exact) mass is 273 g/mol. The number of hydrogen-bond donors (Lipinski definition) is 1. The molecule has 0 bridgehead atoms. The number of nitrogens with one attached hydrogen (secondary N) is 1. The number of benzene rings is 1. The van der Waals surface area contributed by atoms with Crippen molar-refractivity contribution >= 4 is 10.9 Å². The highest BCUT2D eigenvalue weighted by atomic mass is 16.1. The highest BCUT2D eigenvalue weighted by molar-refractivity contribution is 5.76. The Bertz CT molecular complexity index is 606. The van der Waals surface area contributed by atoms with Gasteiger partial charge in [0.15, 0.2) is 0 Å². The summed E-state index contributed by atoms with van der Waals surface area (Å²) in [5.74, 6) is 0. The molecule has 2 rings (SSSR count). The van der Waals surface area contributed by atoms with Crippen molar-refractivity contribution in [2.75, 3.05) is 6.54 Å². The number of nitrogens with zero attached hydrogens (tertiary/aromatic N) is 2. The minimum atomic E-state index is 0.0651. The van der Waals surface area contributed by atoms with Crippen molar-refractivity contribution in [3.63, 3.8) is 0 Å². The lowest BCUT2D eigenvalue weighted by Crippen LogP contribution is -2.25. The van der Waals surface area contributed by atoms with Crippen molar-refractivity contribution in [2.24, 2.45) is 0 Å². The molecule has 1 N–H and O–H groups in total. The molecule has 0 fully saturated rings. The van der Waals surface area contributed by atoms with E-state index in [0.29, 0.717) is 11.4 Å². The minimum absolute atomic E-state index is 0.0651. The van der Waals surface area contributed by atoms with Crippen molar-refractivity contribution in [2.45, 2.75) is 45.7 Å². The number of hydrogen-bond acceptors (Lipinski definition) is 3. The summed E-state index contributed by atoms with van der Waals surface area (Å²) in [6.07, 6.45) is 4.94. The van der Waals surface area contributed by atoms with Crippen LogP contribution in [-0.4, -0.2) is 22.1 Å². The van der Waals surface area contributed by atoms with Gasteiger partial charge in [-0.2, -0.15) is 0 Å². The molecule has 1 aromatic heterocycles. The van der Waals surface area contributed by atoms with Crippen LogP contribution in [0, 0.1) is 0 Å². The van der Waals surface area contributed by atoms with Crippen molar-refractivity contribution in [3.8, 4) is 0 Å². The second kappa shape index (κ2) is 7.20. The van der Waals surface area contributed by atoms with Crippen LogP contribution in [0.1, 0.15) is 33.1 Å². The maximum absolute atomic E-state index is 12.3. The third-order valence-corrected chi connectivity index (χ3v) is 3.57. The Morgan fingerprint density at radius 2 is 2.10 bits per heavy atom. The van der Waals surface area contributed by atoms with E-state index in [1.165, 1.54) is 0 Å².